The third-order valence-electron chi connectivity index (χ3n) is 2.08. The summed E-state index contributed by atoms with van der Waals surface area (Å²) >= 11 is 0. The van der Waals surface area contributed by atoms with E-state index in [-0.39, 0.29) is 0 Å². The average Bonchev–Trinajstić information content (AvgIpc) is 2.57. The summed E-state index contributed by atoms with van der Waals surface area (Å²) in [7, 11) is 0. The van der Waals surface area contributed by atoms with Crippen LogP contribution >= 0.6 is 0 Å². The Hall–Kier alpha value is -1.38. The molecule has 0 radical (unpaired) electrons. The van der Waals surface area contributed by atoms with Crippen LogP contribution in [-0.2, 0) is 0 Å². The lowest BCUT2D eigenvalue weighted by atomic mass is 10.1. The Morgan fingerprint density at radius 2 is 1.92 bits per heavy atom. The highest BCUT2D eigenvalue weighted by Gasteiger charge is 2.26. The summed E-state index contributed by atoms with van der Waals surface area (Å²) < 4.78 is 28.0. The first-order chi connectivity index (χ1) is 6.29. The van der Waals surface area contributed by atoms with Gasteiger partial charge in [0.1, 0.15) is 18.0 Å². The fourth-order valence-corrected chi connectivity index (χ4v) is 1.45. The van der Waals surface area contributed by atoms with Gasteiger partial charge in [-0.2, -0.15) is 0 Å². The zero-order chi connectivity index (χ0) is 9.26. The van der Waals surface area contributed by atoms with Crippen molar-refractivity contribution in [3.8, 4) is 0 Å². The van der Waals surface area contributed by atoms with Crippen molar-refractivity contribution in [2.24, 2.45) is 0 Å². The van der Waals surface area contributed by atoms with Crippen molar-refractivity contribution in [3.05, 3.63) is 48.6 Å². The Balaban J connectivity index is 2.33. The molecule has 68 valence electrons. The zero-order valence-corrected chi connectivity index (χ0v) is 6.90. The molecule has 0 saturated carbocycles. The SMILES string of the molecule is FC1=CC=CC(F)C1n1cccc1. The quantitative estimate of drug-likeness (QED) is 0.627. The summed E-state index contributed by atoms with van der Waals surface area (Å²) in [4.78, 5) is 0. The van der Waals surface area contributed by atoms with Crippen LogP contribution in [0.5, 0.6) is 0 Å². The van der Waals surface area contributed by atoms with Gasteiger partial charge >= 0.3 is 0 Å². The molecule has 1 aromatic rings. The number of rotatable bonds is 1. The molecule has 1 aromatic heterocycles. The smallest absolute Gasteiger partial charge is 0.146 e. The molecule has 2 rings (SSSR count). The highest BCUT2D eigenvalue weighted by molar-refractivity contribution is 5.22. The molecule has 0 aliphatic heterocycles. The normalized spacial score (nSPS) is 27.4. The third-order valence-corrected chi connectivity index (χ3v) is 2.08. The van der Waals surface area contributed by atoms with E-state index in [0.717, 1.165) is 0 Å². The summed E-state index contributed by atoms with van der Waals surface area (Å²) in [5, 5.41) is 0. The molecule has 3 heteroatoms. The minimum atomic E-state index is -1.28. The lowest BCUT2D eigenvalue weighted by Gasteiger charge is -2.21. The average molecular weight is 181 g/mol. The fraction of sp³-hybridized carbons (Fsp3) is 0.200. The number of nitrogens with zero attached hydrogens (tertiary/aromatic N) is 1. The molecule has 0 aromatic carbocycles. The van der Waals surface area contributed by atoms with Crippen LogP contribution in [-0.4, -0.2) is 10.7 Å². The summed E-state index contributed by atoms with van der Waals surface area (Å²) in [6, 6.07) is 2.68. The Kier molecular flexibility index (Phi) is 2.00. The van der Waals surface area contributed by atoms with Crippen LogP contribution in [0.1, 0.15) is 6.04 Å². The molecule has 0 N–H and O–H groups in total. The molecule has 1 nitrogen and oxygen atoms in total. The van der Waals surface area contributed by atoms with Crippen molar-refractivity contribution in [2.75, 3.05) is 0 Å². The first kappa shape index (κ1) is 8.23. The van der Waals surface area contributed by atoms with E-state index in [1.165, 1.54) is 22.8 Å². The molecule has 1 aliphatic carbocycles. The fourth-order valence-electron chi connectivity index (χ4n) is 1.45. The van der Waals surface area contributed by atoms with Crippen LogP contribution in [0.2, 0.25) is 0 Å². The summed E-state index contributed by atoms with van der Waals surface area (Å²) in [6.07, 6.45) is 6.08. The summed E-state index contributed by atoms with van der Waals surface area (Å²) in [6.45, 7) is 0. The van der Waals surface area contributed by atoms with Crippen molar-refractivity contribution >= 4 is 0 Å². The van der Waals surface area contributed by atoms with E-state index in [1.54, 1.807) is 24.5 Å². The molecule has 13 heavy (non-hydrogen) atoms. The van der Waals surface area contributed by atoms with E-state index in [1.807, 2.05) is 0 Å². The van der Waals surface area contributed by atoms with E-state index < -0.39 is 18.0 Å². The largest absolute Gasteiger partial charge is 0.341 e. The van der Waals surface area contributed by atoms with Gasteiger partial charge < -0.3 is 4.57 Å². The summed E-state index contributed by atoms with van der Waals surface area (Å²) in [5.41, 5.74) is 0. The van der Waals surface area contributed by atoms with Gasteiger partial charge in [0.2, 0.25) is 0 Å². The minimum absolute atomic E-state index is 0.439. The highest BCUT2D eigenvalue weighted by Crippen LogP contribution is 2.29. The maximum absolute atomic E-state index is 13.3. The van der Waals surface area contributed by atoms with Gasteiger partial charge in [0, 0.05) is 12.4 Å². The Bertz CT molecular complexity index is 338. The Morgan fingerprint density at radius 3 is 2.54 bits per heavy atom. The molecule has 1 aliphatic rings. The molecular weight excluding hydrogens is 172 g/mol. The molecule has 0 bridgehead atoms. The monoisotopic (exact) mass is 181 g/mol. The van der Waals surface area contributed by atoms with Gasteiger partial charge in [0.15, 0.2) is 0 Å². The summed E-state index contributed by atoms with van der Waals surface area (Å²) in [5.74, 6) is -0.439. The van der Waals surface area contributed by atoms with E-state index in [2.05, 4.69) is 0 Å². The Labute approximate surface area is 75.0 Å². The zero-order valence-electron chi connectivity index (χ0n) is 6.90. The first-order valence-electron chi connectivity index (χ1n) is 4.09. The van der Waals surface area contributed by atoms with Crippen LogP contribution in [0.25, 0.3) is 0 Å². The predicted octanol–water partition coefficient (Wildman–Crippen LogP) is 2.79. The standard InChI is InChI=1S/C10H9F2N/c11-8-4-3-5-9(12)10(8)13-6-1-2-7-13/h1-8,10H. The number of hydrogen-bond donors (Lipinski definition) is 0. The third kappa shape index (κ3) is 1.41. The predicted molar refractivity (Wildman–Crippen MR) is 46.7 cm³/mol. The van der Waals surface area contributed by atoms with Crippen molar-refractivity contribution in [3.63, 3.8) is 0 Å². The molecule has 0 amide bonds. The second-order valence-electron chi connectivity index (χ2n) is 2.96. The molecular formula is C10H9F2N. The van der Waals surface area contributed by atoms with E-state index in [4.69, 9.17) is 0 Å². The number of alkyl halides is 1. The maximum Gasteiger partial charge on any atom is 0.146 e. The van der Waals surface area contributed by atoms with Gasteiger partial charge in [-0.15, -0.1) is 0 Å². The lowest BCUT2D eigenvalue weighted by molar-refractivity contribution is 0.275. The van der Waals surface area contributed by atoms with Gasteiger partial charge in [-0.1, -0.05) is 6.08 Å². The van der Waals surface area contributed by atoms with Gasteiger partial charge in [-0.3, -0.25) is 0 Å². The van der Waals surface area contributed by atoms with Crippen molar-refractivity contribution < 1.29 is 8.78 Å². The highest BCUT2D eigenvalue weighted by atomic mass is 19.1. The molecule has 0 fully saturated rings. The van der Waals surface area contributed by atoms with Crippen LogP contribution < -0.4 is 0 Å². The molecule has 1 heterocycles. The minimum Gasteiger partial charge on any atom is -0.341 e. The molecule has 0 saturated heterocycles. The van der Waals surface area contributed by atoms with Gasteiger partial charge in [-0.25, -0.2) is 8.78 Å². The molecule has 2 atom stereocenters. The van der Waals surface area contributed by atoms with Gasteiger partial charge in [-0.05, 0) is 24.3 Å². The van der Waals surface area contributed by atoms with Crippen LogP contribution in [0.3, 0.4) is 0 Å². The van der Waals surface area contributed by atoms with E-state index >= 15 is 0 Å². The van der Waals surface area contributed by atoms with E-state index in [9.17, 15) is 8.78 Å². The van der Waals surface area contributed by atoms with Crippen molar-refractivity contribution in [1.82, 2.24) is 4.57 Å². The number of halogens is 2. The van der Waals surface area contributed by atoms with Gasteiger partial charge in [0.05, 0.1) is 0 Å². The van der Waals surface area contributed by atoms with Gasteiger partial charge in [0.25, 0.3) is 0 Å². The Morgan fingerprint density at radius 1 is 1.23 bits per heavy atom. The first-order valence-corrected chi connectivity index (χ1v) is 4.09. The van der Waals surface area contributed by atoms with E-state index in [0.29, 0.717) is 0 Å². The number of aromatic nitrogens is 1. The molecule has 0 spiro atoms. The number of hydrogen-bond acceptors (Lipinski definition) is 0. The van der Waals surface area contributed by atoms with Crippen molar-refractivity contribution in [2.45, 2.75) is 12.2 Å². The van der Waals surface area contributed by atoms with Crippen molar-refractivity contribution in [1.29, 1.82) is 0 Å². The maximum atomic E-state index is 13.3. The number of allylic oxidation sites excluding steroid dienone is 4. The van der Waals surface area contributed by atoms with Crippen LogP contribution in [0.15, 0.2) is 48.6 Å². The molecule has 2 unspecified atom stereocenters. The second kappa shape index (κ2) is 3.17. The topological polar surface area (TPSA) is 4.93 Å². The second-order valence-corrected chi connectivity index (χ2v) is 2.96. The van der Waals surface area contributed by atoms with Crippen LogP contribution in [0, 0.1) is 0 Å². The van der Waals surface area contributed by atoms with Crippen LogP contribution in [0.4, 0.5) is 8.78 Å². The lowest BCUT2D eigenvalue weighted by Crippen LogP contribution is -2.20.